The Morgan fingerprint density at radius 3 is 2.55 bits per heavy atom. The Morgan fingerprint density at radius 2 is 1.80 bits per heavy atom. The normalized spacial score (nSPS) is 10.5. The molecule has 2 aromatic carbocycles. The molecule has 1 N–H and O–H groups in total. The van der Waals surface area contributed by atoms with Crippen LogP contribution < -0.4 is 0 Å². The number of rotatable bonds is 5. The maximum atomic E-state index is 12.0. The van der Waals surface area contributed by atoms with E-state index in [1.807, 2.05) is 31.2 Å². The minimum Gasteiger partial charge on any atom is -0.508 e. The summed E-state index contributed by atoms with van der Waals surface area (Å²) in [6.07, 6.45) is 1.58. The summed E-state index contributed by atoms with van der Waals surface area (Å²) in [6.45, 7) is 4.02. The molecule has 0 aliphatic carbocycles. The molecule has 2 aromatic rings. The molecule has 2 nitrogen and oxygen atoms in total. The van der Waals surface area contributed by atoms with E-state index in [-0.39, 0.29) is 11.5 Å². The van der Waals surface area contributed by atoms with E-state index in [0.717, 1.165) is 17.5 Å². The van der Waals surface area contributed by atoms with Crippen LogP contribution in [0.4, 0.5) is 0 Å². The van der Waals surface area contributed by atoms with Gasteiger partial charge >= 0.3 is 0 Å². The third kappa shape index (κ3) is 3.70. The Bertz CT molecular complexity index is 615. The second kappa shape index (κ2) is 6.38. The Morgan fingerprint density at radius 1 is 1.05 bits per heavy atom. The fraction of sp³-hybridized carbons (Fsp3) is 0.278. The van der Waals surface area contributed by atoms with Crippen LogP contribution in [0.5, 0.6) is 5.75 Å². The van der Waals surface area contributed by atoms with Crippen LogP contribution in [0, 0.1) is 13.8 Å². The smallest absolute Gasteiger partial charge is 0.137 e. The number of hydrogen-bond donors (Lipinski definition) is 1. The quantitative estimate of drug-likeness (QED) is 0.896. The van der Waals surface area contributed by atoms with Gasteiger partial charge in [-0.15, -0.1) is 0 Å². The van der Waals surface area contributed by atoms with Crippen molar-refractivity contribution in [3.05, 3.63) is 64.7 Å². The molecule has 0 atom stereocenters. The van der Waals surface area contributed by atoms with Gasteiger partial charge in [-0.2, -0.15) is 0 Å². The molecule has 0 aromatic heterocycles. The summed E-state index contributed by atoms with van der Waals surface area (Å²) in [5.74, 6) is 0.369. The molecule has 20 heavy (non-hydrogen) atoms. The molecular weight excluding hydrogens is 248 g/mol. The Labute approximate surface area is 120 Å². The summed E-state index contributed by atoms with van der Waals surface area (Å²) in [4.78, 5) is 12.0. The molecule has 0 bridgehead atoms. The van der Waals surface area contributed by atoms with Crippen LogP contribution in [-0.2, 0) is 17.6 Å². The van der Waals surface area contributed by atoms with Crippen molar-refractivity contribution in [2.45, 2.75) is 33.1 Å². The molecule has 0 saturated carbocycles. The summed E-state index contributed by atoms with van der Waals surface area (Å²) in [5, 5.41) is 9.76. The van der Waals surface area contributed by atoms with Crippen LogP contribution in [0.15, 0.2) is 42.5 Å². The number of benzene rings is 2. The van der Waals surface area contributed by atoms with Crippen LogP contribution in [0.25, 0.3) is 0 Å². The van der Waals surface area contributed by atoms with Crippen LogP contribution >= 0.6 is 0 Å². The van der Waals surface area contributed by atoms with Crippen molar-refractivity contribution >= 4 is 5.78 Å². The van der Waals surface area contributed by atoms with E-state index in [1.54, 1.807) is 6.07 Å². The van der Waals surface area contributed by atoms with Gasteiger partial charge in [0.25, 0.3) is 0 Å². The number of hydrogen-bond acceptors (Lipinski definition) is 2. The third-order valence-electron chi connectivity index (χ3n) is 3.56. The van der Waals surface area contributed by atoms with E-state index in [9.17, 15) is 9.90 Å². The van der Waals surface area contributed by atoms with Gasteiger partial charge in [0, 0.05) is 18.4 Å². The fourth-order valence-corrected chi connectivity index (χ4v) is 2.32. The first-order chi connectivity index (χ1) is 9.56. The number of ketones is 1. The van der Waals surface area contributed by atoms with Gasteiger partial charge < -0.3 is 5.11 Å². The highest BCUT2D eigenvalue weighted by Gasteiger charge is 2.09. The van der Waals surface area contributed by atoms with E-state index < -0.39 is 0 Å². The monoisotopic (exact) mass is 268 g/mol. The molecule has 0 unspecified atom stereocenters. The highest BCUT2D eigenvalue weighted by Crippen LogP contribution is 2.20. The lowest BCUT2D eigenvalue weighted by molar-refractivity contribution is -0.118. The molecule has 0 amide bonds. The summed E-state index contributed by atoms with van der Waals surface area (Å²) in [6, 6.07) is 13.5. The lowest BCUT2D eigenvalue weighted by Crippen LogP contribution is -2.05. The number of aromatic hydroxyl groups is 1. The second-order valence-electron chi connectivity index (χ2n) is 5.27. The fourth-order valence-electron chi connectivity index (χ4n) is 2.32. The molecule has 0 spiro atoms. The van der Waals surface area contributed by atoms with E-state index in [4.69, 9.17) is 0 Å². The zero-order valence-corrected chi connectivity index (χ0v) is 12.0. The van der Waals surface area contributed by atoms with Gasteiger partial charge in [-0.05, 0) is 37.5 Å². The lowest BCUT2D eigenvalue weighted by atomic mass is 9.99. The highest BCUT2D eigenvalue weighted by atomic mass is 16.3. The molecule has 0 radical (unpaired) electrons. The van der Waals surface area contributed by atoms with Gasteiger partial charge in [0.15, 0.2) is 0 Å². The number of phenols is 1. The molecule has 0 saturated heterocycles. The van der Waals surface area contributed by atoms with E-state index >= 15 is 0 Å². The minimum atomic E-state index is 0.161. The molecular formula is C18H20O2. The highest BCUT2D eigenvalue weighted by molar-refractivity contribution is 5.81. The molecule has 0 heterocycles. The van der Waals surface area contributed by atoms with Crippen molar-refractivity contribution in [1.82, 2.24) is 0 Å². The first kappa shape index (κ1) is 14.3. The third-order valence-corrected chi connectivity index (χ3v) is 3.56. The van der Waals surface area contributed by atoms with E-state index in [0.29, 0.717) is 12.8 Å². The largest absolute Gasteiger partial charge is 0.508 e. The second-order valence-corrected chi connectivity index (χ2v) is 5.27. The van der Waals surface area contributed by atoms with Crippen molar-refractivity contribution < 1.29 is 9.90 Å². The first-order valence-corrected chi connectivity index (χ1v) is 6.91. The number of carbonyl (C=O) groups is 1. The minimum absolute atomic E-state index is 0.161. The van der Waals surface area contributed by atoms with Gasteiger partial charge in [0.05, 0.1) is 0 Å². The van der Waals surface area contributed by atoms with Crippen molar-refractivity contribution in [3.8, 4) is 5.75 Å². The predicted molar refractivity (Wildman–Crippen MR) is 81.1 cm³/mol. The SMILES string of the molecule is Cc1ccc(O)c(CC(=O)CCc2ccccc2C)c1. The molecule has 0 aliphatic heterocycles. The van der Waals surface area contributed by atoms with Gasteiger partial charge in [0.2, 0.25) is 0 Å². The number of phenolic OH excluding ortho intramolecular Hbond substituents is 1. The topological polar surface area (TPSA) is 37.3 Å². The summed E-state index contributed by atoms with van der Waals surface area (Å²) in [7, 11) is 0. The Hall–Kier alpha value is -2.09. The Balaban J connectivity index is 1.96. The van der Waals surface area contributed by atoms with Gasteiger partial charge in [0.1, 0.15) is 11.5 Å². The van der Waals surface area contributed by atoms with Crippen LogP contribution in [0.1, 0.15) is 28.7 Å². The lowest BCUT2D eigenvalue weighted by Gasteiger charge is -2.07. The molecule has 0 aliphatic rings. The maximum absolute atomic E-state index is 12.0. The van der Waals surface area contributed by atoms with Crippen LogP contribution in [0.2, 0.25) is 0 Å². The standard InChI is InChI=1S/C18H20O2/c1-13-7-10-18(20)16(11-13)12-17(19)9-8-15-6-4-3-5-14(15)2/h3-7,10-11,20H,8-9,12H2,1-2H3. The number of aryl methyl sites for hydroxylation is 3. The van der Waals surface area contributed by atoms with Crippen LogP contribution in [-0.4, -0.2) is 10.9 Å². The van der Waals surface area contributed by atoms with Crippen molar-refractivity contribution in [3.63, 3.8) is 0 Å². The summed E-state index contributed by atoms with van der Waals surface area (Å²) < 4.78 is 0. The zero-order chi connectivity index (χ0) is 14.5. The Kier molecular flexibility index (Phi) is 4.57. The maximum Gasteiger partial charge on any atom is 0.137 e. The van der Waals surface area contributed by atoms with Gasteiger partial charge in [-0.25, -0.2) is 0 Å². The molecule has 104 valence electrons. The average molecular weight is 268 g/mol. The molecule has 0 fully saturated rings. The molecule has 2 heteroatoms. The van der Waals surface area contributed by atoms with Crippen molar-refractivity contribution in [1.29, 1.82) is 0 Å². The first-order valence-electron chi connectivity index (χ1n) is 6.91. The van der Waals surface area contributed by atoms with E-state index in [1.165, 1.54) is 11.1 Å². The molecule has 2 rings (SSSR count). The van der Waals surface area contributed by atoms with E-state index in [2.05, 4.69) is 19.1 Å². The average Bonchev–Trinajstić information content (AvgIpc) is 2.42. The van der Waals surface area contributed by atoms with Crippen LogP contribution in [0.3, 0.4) is 0 Å². The number of Topliss-reactive ketones (excluding diaryl/α,β-unsaturated/α-hetero) is 1. The summed E-state index contributed by atoms with van der Waals surface area (Å²) in [5.41, 5.74) is 4.22. The van der Waals surface area contributed by atoms with Crippen molar-refractivity contribution in [2.24, 2.45) is 0 Å². The van der Waals surface area contributed by atoms with Gasteiger partial charge in [-0.1, -0.05) is 42.0 Å². The van der Waals surface area contributed by atoms with Crippen molar-refractivity contribution in [2.75, 3.05) is 0 Å². The predicted octanol–water partition coefficient (Wildman–Crippen LogP) is 3.75. The number of carbonyl (C=O) groups excluding carboxylic acids is 1. The van der Waals surface area contributed by atoms with Gasteiger partial charge in [-0.3, -0.25) is 4.79 Å². The zero-order valence-electron chi connectivity index (χ0n) is 12.0. The summed E-state index contributed by atoms with van der Waals surface area (Å²) >= 11 is 0.